The van der Waals surface area contributed by atoms with Gasteiger partial charge in [-0.1, -0.05) is 24.3 Å². The Kier molecular flexibility index (Phi) is 3.70. The lowest BCUT2D eigenvalue weighted by molar-refractivity contribution is 0.203. The Morgan fingerprint density at radius 1 is 0.833 bits per heavy atom. The fourth-order valence-electron chi connectivity index (χ4n) is 2.15. The highest BCUT2D eigenvalue weighted by atomic mass is 32.2. The number of rotatable bonds is 0. The molecule has 1 fully saturated rings. The third-order valence-corrected chi connectivity index (χ3v) is 5.30. The molecule has 0 aromatic heterocycles. The van der Waals surface area contributed by atoms with Crippen LogP contribution in [0, 0.1) is 0 Å². The molecule has 0 radical (unpaired) electrons. The van der Waals surface area contributed by atoms with Crippen molar-refractivity contribution < 1.29 is 4.79 Å². The Balaban J connectivity index is 1.75. The minimum atomic E-state index is 0.206. The molecule has 4 bridgehead atoms. The zero-order valence-corrected chi connectivity index (χ0v) is 11.8. The number of urea groups is 1. The molecule has 3 heterocycles. The van der Waals surface area contributed by atoms with E-state index < -0.39 is 0 Å². The predicted octanol–water partition coefficient (Wildman–Crippen LogP) is 2.82. The Labute approximate surface area is 116 Å². The van der Waals surface area contributed by atoms with Crippen LogP contribution in [0.1, 0.15) is 11.1 Å². The van der Waals surface area contributed by atoms with Gasteiger partial charge in [-0.2, -0.15) is 0 Å². The van der Waals surface area contributed by atoms with E-state index in [4.69, 9.17) is 0 Å². The second-order valence-electron chi connectivity index (χ2n) is 4.58. The standard InChI is InChI=1S/C13H16N2OS2/c16-13-14-5-6-15(13)10-18-8-12-2-1-11(3-4-12)7-17-9-14/h1-4H,5-10H2. The second kappa shape index (κ2) is 5.45. The number of fused-ring (bicyclic) bond motifs is 6. The Bertz CT molecular complexity index is 396. The van der Waals surface area contributed by atoms with Crippen LogP contribution in [-0.2, 0) is 11.5 Å². The molecule has 4 rings (SSSR count). The van der Waals surface area contributed by atoms with Crippen LogP contribution in [0.5, 0.6) is 0 Å². The third kappa shape index (κ3) is 2.62. The summed E-state index contributed by atoms with van der Waals surface area (Å²) in [6, 6.07) is 9.03. The number of thioether (sulfide) groups is 2. The quantitative estimate of drug-likeness (QED) is 0.730. The summed E-state index contributed by atoms with van der Waals surface area (Å²) in [7, 11) is 0. The van der Waals surface area contributed by atoms with Gasteiger partial charge in [-0.15, -0.1) is 23.5 Å². The van der Waals surface area contributed by atoms with Crippen molar-refractivity contribution in [1.82, 2.24) is 9.80 Å². The third-order valence-electron chi connectivity index (χ3n) is 3.24. The number of benzene rings is 1. The van der Waals surface area contributed by atoms with Crippen molar-refractivity contribution in [3.8, 4) is 0 Å². The molecule has 0 aliphatic carbocycles. The highest BCUT2D eigenvalue weighted by Crippen LogP contribution is 2.22. The maximum Gasteiger partial charge on any atom is 0.321 e. The van der Waals surface area contributed by atoms with Crippen molar-refractivity contribution in [1.29, 1.82) is 0 Å². The lowest BCUT2D eigenvalue weighted by atomic mass is 10.2. The highest BCUT2D eigenvalue weighted by Gasteiger charge is 2.27. The first-order valence-corrected chi connectivity index (χ1v) is 8.41. The van der Waals surface area contributed by atoms with Gasteiger partial charge >= 0.3 is 6.03 Å². The van der Waals surface area contributed by atoms with Crippen LogP contribution in [-0.4, -0.2) is 40.7 Å². The van der Waals surface area contributed by atoms with E-state index in [-0.39, 0.29) is 6.03 Å². The normalized spacial score (nSPS) is 20.6. The van der Waals surface area contributed by atoms with Gasteiger partial charge in [0, 0.05) is 24.6 Å². The monoisotopic (exact) mass is 280 g/mol. The summed E-state index contributed by atoms with van der Waals surface area (Å²) in [6.07, 6.45) is 0. The van der Waals surface area contributed by atoms with E-state index in [1.54, 1.807) is 0 Å². The molecule has 3 aliphatic heterocycles. The molecule has 1 aromatic rings. The summed E-state index contributed by atoms with van der Waals surface area (Å²) < 4.78 is 0. The summed E-state index contributed by atoms with van der Waals surface area (Å²) >= 11 is 3.64. The Morgan fingerprint density at radius 3 is 1.72 bits per heavy atom. The first-order valence-electron chi connectivity index (χ1n) is 6.10. The van der Waals surface area contributed by atoms with Crippen molar-refractivity contribution in [2.24, 2.45) is 0 Å². The van der Waals surface area contributed by atoms with Crippen LogP contribution in [0.3, 0.4) is 0 Å². The van der Waals surface area contributed by atoms with Gasteiger partial charge in [0.05, 0.1) is 11.8 Å². The van der Waals surface area contributed by atoms with Crippen LogP contribution in [0.2, 0.25) is 0 Å². The van der Waals surface area contributed by atoms with E-state index in [1.807, 2.05) is 33.3 Å². The average molecular weight is 280 g/mol. The van der Waals surface area contributed by atoms with Crippen LogP contribution in [0.15, 0.2) is 24.3 Å². The van der Waals surface area contributed by atoms with Gasteiger partial charge in [-0.05, 0) is 11.1 Å². The minimum Gasteiger partial charge on any atom is -0.314 e. The van der Waals surface area contributed by atoms with Crippen molar-refractivity contribution in [2.45, 2.75) is 11.5 Å². The van der Waals surface area contributed by atoms with Gasteiger partial charge < -0.3 is 9.80 Å². The SMILES string of the molecule is O=C1N2CCN1CSCc1ccc(cc1)CSC2. The van der Waals surface area contributed by atoms with Crippen LogP contribution in [0.4, 0.5) is 4.79 Å². The molecule has 18 heavy (non-hydrogen) atoms. The highest BCUT2D eigenvalue weighted by molar-refractivity contribution is 7.98. The number of nitrogens with zero attached hydrogens (tertiary/aromatic N) is 2. The van der Waals surface area contributed by atoms with E-state index in [2.05, 4.69) is 24.3 Å². The second-order valence-corrected chi connectivity index (χ2v) is 6.49. The van der Waals surface area contributed by atoms with Gasteiger partial charge in [-0.3, -0.25) is 0 Å². The molecule has 0 spiro atoms. The van der Waals surface area contributed by atoms with E-state index in [1.165, 1.54) is 11.1 Å². The first kappa shape index (κ1) is 12.2. The maximum atomic E-state index is 12.1. The molecular weight excluding hydrogens is 264 g/mol. The summed E-state index contributed by atoms with van der Waals surface area (Å²) in [5.41, 5.74) is 2.69. The smallest absolute Gasteiger partial charge is 0.314 e. The van der Waals surface area contributed by atoms with E-state index in [9.17, 15) is 4.79 Å². The van der Waals surface area contributed by atoms with Crippen LogP contribution < -0.4 is 0 Å². The van der Waals surface area contributed by atoms with Gasteiger partial charge in [0.2, 0.25) is 0 Å². The summed E-state index contributed by atoms with van der Waals surface area (Å²) in [5, 5.41) is 0. The predicted molar refractivity (Wildman–Crippen MR) is 77.6 cm³/mol. The first-order chi connectivity index (χ1) is 8.83. The van der Waals surface area contributed by atoms with Crippen molar-refractivity contribution in [3.63, 3.8) is 0 Å². The average Bonchev–Trinajstić information content (AvgIpc) is 2.74. The molecular formula is C13H16N2OS2. The summed E-state index contributed by atoms with van der Waals surface area (Å²) in [6.45, 7) is 1.76. The number of hydrogen-bond donors (Lipinski definition) is 0. The summed E-state index contributed by atoms with van der Waals surface area (Å²) in [5.74, 6) is 3.58. The number of carbonyl (C=O) groups is 1. The number of amides is 2. The van der Waals surface area contributed by atoms with Gasteiger partial charge in [0.15, 0.2) is 0 Å². The van der Waals surface area contributed by atoms with Gasteiger partial charge in [0.1, 0.15) is 0 Å². The molecule has 5 heteroatoms. The van der Waals surface area contributed by atoms with Crippen LogP contribution >= 0.6 is 23.5 Å². The van der Waals surface area contributed by atoms with Gasteiger partial charge in [0.25, 0.3) is 0 Å². The van der Waals surface area contributed by atoms with E-state index in [0.717, 1.165) is 36.3 Å². The molecule has 0 saturated carbocycles. The molecule has 0 N–H and O–H groups in total. The molecule has 2 amide bonds. The minimum absolute atomic E-state index is 0.206. The van der Waals surface area contributed by atoms with Crippen molar-refractivity contribution in [2.75, 3.05) is 24.8 Å². The molecule has 96 valence electrons. The zero-order chi connectivity index (χ0) is 12.4. The van der Waals surface area contributed by atoms with Gasteiger partial charge in [-0.25, -0.2) is 4.79 Å². The summed E-state index contributed by atoms with van der Waals surface area (Å²) in [4.78, 5) is 16.0. The molecule has 1 saturated heterocycles. The lowest BCUT2D eigenvalue weighted by Crippen LogP contribution is -2.31. The Morgan fingerprint density at radius 2 is 1.28 bits per heavy atom. The van der Waals surface area contributed by atoms with E-state index in [0.29, 0.717) is 0 Å². The Hall–Kier alpha value is -0.810. The lowest BCUT2D eigenvalue weighted by Gasteiger charge is -2.17. The zero-order valence-electron chi connectivity index (χ0n) is 10.2. The largest absolute Gasteiger partial charge is 0.321 e. The molecule has 0 atom stereocenters. The fraction of sp³-hybridized carbons (Fsp3) is 0.462. The number of hydrogen-bond acceptors (Lipinski definition) is 3. The van der Waals surface area contributed by atoms with Crippen molar-refractivity contribution in [3.05, 3.63) is 35.4 Å². The molecule has 0 unspecified atom stereocenters. The number of carbonyl (C=O) groups excluding carboxylic acids is 1. The fourth-order valence-corrected chi connectivity index (χ4v) is 4.11. The van der Waals surface area contributed by atoms with Crippen molar-refractivity contribution >= 4 is 29.6 Å². The maximum absolute atomic E-state index is 12.1. The molecule has 3 aliphatic rings. The molecule has 1 aromatic carbocycles. The topological polar surface area (TPSA) is 23.6 Å². The van der Waals surface area contributed by atoms with E-state index >= 15 is 0 Å². The van der Waals surface area contributed by atoms with Crippen LogP contribution in [0.25, 0.3) is 0 Å². The molecule has 3 nitrogen and oxygen atoms in total.